The lowest BCUT2D eigenvalue weighted by Crippen LogP contribution is -2.40. The monoisotopic (exact) mass is 546 g/mol. The molecule has 200 valence electrons. The number of fused-ring (bicyclic) bond motifs is 1. The number of aryl methyl sites for hydroxylation is 1. The van der Waals surface area contributed by atoms with Crippen LogP contribution in [0.25, 0.3) is 11.0 Å². The van der Waals surface area contributed by atoms with E-state index in [1.165, 1.54) is 3.97 Å². The number of benzene rings is 1. The molecule has 0 bridgehead atoms. The van der Waals surface area contributed by atoms with Crippen molar-refractivity contribution in [3.05, 3.63) is 53.7 Å². The molecule has 11 heteroatoms. The summed E-state index contributed by atoms with van der Waals surface area (Å²) >= 11 is 0. The second-order valence-electron chi connectivity index (χ2n) is 11.2. The number of rotatable bonds is 7. The zero-order chi connectivity index (χ0) is 27.2. The maximum atomic E-state index is 13.8. The largest absolute Gasteiger partial charge is 0.411 e. The highest BCUT2D eigenvalue weighted by Gasteiger charge is 2.38. The number of anilines is 1. The number of amides is 1. The second kappa shape index (κ2) is 9.94. The van der Waals surface area contributed by atoms with Crippen molar-refractivity contribution in [1.82, 2.24) is 14.3 Å². The van der Waals surface area contributed by atoms with Gasteiger partial charge >= 0.3 is 0 Å². The van der Waals surface area contributed by atoms with E-state index in [1.54, 1.807) is 42.5 Å². The fraction of sp³-hybridized carbons (Fsp3) is 0.462. The third-order valence-corrected chi connectivity index (χ3v) is 13.5. The minimum absolute atomic E-state index is 0.0533. The summed E-state index contributed by atoms with van der Waals surface area (Å²) in [4.78, 5) is 17.2. The van der Waals surface area contributed by atoms with E-state index in [-0.39, 0.29) is 41.2 Å². The summed E-state index contributed by atoms with van der Waals surface area (Å²) in [7, 11) is -6.14. The van der Waals surface area contributed by atoms with E-state index >= 15 is 0 Å². The molecule has 0 spiro atoms. The smallest absolute Gasteiger partial charge is 0.268 e. The minimum Gasteiger partial charge on any atom is -0.411 e. The number of nitrogens with zero attached hydrogens (tertiary/aromatic N) is 2. The molecule has 1 saturated heterocycles. The number of pyridine rings is 1. The van der Waals surface area contributed by atoms with E-state index in [0.717, 1.165) is 5.56 Å². The van der Waals surface area contributed by atoms with Crippen LogP contribution in [0.4, 0.5) is 10.2 Å². The van der Waals surface area contributed by atoms with E-state index in [1.807, 2.05) is 6.92 Å². The number of alkyl halides is 1. The highest BCUT2D eigenvalue weighted by atomic mass is 32.2. The molecule has 3 aromatic rings. The Balaban J connectivity index is 1.74. The van der Waals surface area contributed by atoms with Gasteiger partial charge in [0.2, 0.25) is 5.91 Å². The molecule has 0 saturated carbocycles. The Morgan fingerprint density at radius 1 is 1.22 bits per heavy atom. The lowest BCUT2D eigenvalue weighted by atomic mass is 10.2. The average molecular weight is 547 g/mol. The Morgan fingerprint density at radius 3 is 2.49 bits per heavy atom. The molecule has 2 N–H and O–H groups in total. The van der Waals surface area contributed by atoms with E-state index in [2.05, 4.69) is 49.5 Å². The summed E-state index contributed by atoms with van der Waals surface area (Å²) in [5.41, 5.74) is 2.20. The zero-order valence-electron chi connectivity index (χ0n) is 22.1. The quantitative estimate of drug-likeness (QED) is 0.415. The number of aromatic nitrogens is 2. The molecule has 2 atom stereocenters. The van der Waals surface area contributed by atoms with Gasteiger partial charge in [-0.1, -0.05) is 38.5 Å². The molecule has 2 aromatic heterocycles. The summed E-state index contributed by atoms with van der Waals surface area (Å²) in [6.07, 6.45) is -0.954. The van der Waals surface area contributed by atoms with Crippen molar-refractivity contribution in [3.63, 3.8) is 0 Å². The Morgan fingerprint density at radius 2 is 1.89 bits per heavy atom. The van der Waals surface area contributed by atoms with E-state index < -0.39 is 30.6 Å². The van der Waals surface area contributed by atoms with Gasteiger partial charge in [0.05, 0.1) is 34.3 Å². The number of nitrogens with one attached hydrogen (secondary N) is 2. The van der Waals surface area contributed by atoms with E-state index in [9.17, 15) is 17.6 Å². The van der Waals surface area contributed by atoms with Gasteiger partial charge < -0.3 is 15.1 Å². The third kappa shape index (κ3) is 5.64. The Bertz CT molecular complexity index is 1410. The van der Waals surface area contributed by atoms with Gasteiger partial charge in [0.1, 0.15) is 12.0 Å². The van der Waals surface area contributed by atoms with Crippen LogP contribution in [0.1, 0.15) is 38.4 Å². The maximum absolute atomic E-state index is 13.8. The molecule has 1 aliphatic rings. The third-order valence-electron chi connectivity index (χ3n) is 7.28. The highest BCUT2D eigenvalue weighted by Crippen LogP contribution is 2.37. The molecule has 0 radical (unpaired) electrons. The molecule has 1 fully saturated rings. The fourth-order valence-corrected chi connectivity index (χ4v) is 6.42. The van der Waals surface area contributed by atoms with Gasteiger partial charge in [-0.3, -0.25) is 4.79 Å². The van der Waals surface area contributed by atoms with Crippen LogP contribution >= 0.6 is 0 Å². The van der Waals surface area contributed by atoms with Crippen molar-refractivity contribution in [3.8, 4) is 0 Å². The first-order valence-corrected chi connectivity index (χ1v) is 16.7. The summed E-state index contributed by atoms with van der Waals surface area (Å²) in [5, 5.41) is 5.51. The van der Waals surface area contributed by atoms with Gasteiger partial charge in [0.15, 0.2) is 8.32 Å². The van der Waals surface area contributed by atoms with Crippen molar-refractivity contribution >= 4 is 41.1 Å². The Kier molecular flexibility index (Phi) is 7.37. The number of carbonyl (C=O) groups is 1. The topological polar surface area (TPSA) is 102 Å². The summed E-state index contributed by atoms with van der Waals surface area (Å²) in [5.74, 6) is -0.108. The maximum Gasteiger partial charge on any atom is 0.268 e. The van der Waals surface area contributed by atoms with Crippen LogP contribution in [0.5, 0.6) is 0 Å². The summed E-state index contributed by atoms with van der Waals surface area (Å²) < 4.78 is 48.8. The molecule has 0 aliphatic carbocycles. The van der Waals surface area contributed by atoms with Crippen LogP contribution in [-0.4, -0.2) is 50.4 Å². The molecule has 1 aliphatic heterocycles. The molecular weight excluding hydrogens is 511 g/mol. The SMILES string of the molecule is Cc1ccc(S(=O)(=O)n2c(CO[Si](C)(C)C(C)(C)C)cc3nc(NC(=O)[C@H]4CC(F)CN4)ccc32)cc1. The average Bonchev–Trinajstić information content (AvgIpc) is 3.40. The molecule has 8 nitrogen and oxygen atoms in total. The van der Waals surface area contributed by atoms with Gasteiger partial charge in [0, 0.05) is 13.0 Å². The lowest BCUT2D eigenvalue weighted by Gasteiger charge is -2.36. The van der Waals surface area contributed by atoms with Crippen LogP contribution in [0.2, 0.25) is 18.1 Å². The second-order valence-corrected chi connectivity index (χ2v) is 17.7. The summed E-state index contributed by atoms with van der Waals surface area (Å²) in [6, 6.07) is 10.9. The molecule has 37 heavy (non-hydrogen) atoms. The first-order valence-electron chi connectivity index (χ1n) is 12.3. The van der Waals surface area contributed by atoms with Gasteiger partial charge in [0.25, 0.3) is 10.0 Å². The fourth-order valence-electron chi connectivity index (χ4n) is 3.96. The van der Waals surface area contributed by atoms with Gasteiger partial charge in [-0.05, 0) is 55.4 Å². The molecule has 1 aromatic carbocycles. The normalized spacial score (nSPS) is 18.9. The van der Waals surface area contributed by atoms with Crippen molar-refractivity contribution in [2.24, 2.45) is 0 Å². The number of hydrogen-bond acceptors (Lipinski definition) is 6. The van der Waals surface area contributed by atoms with E-state index in [4.69, 9.17) is 4.43 Å². The minimum atomic E-state index is -3.95. The van der Waals surface area contributed by atoms with Crippen molar-refractivity contribution in [2.45, 2.75) is 76.0 Å². The molecule has 1 amide bonds. The van der Waals surface area contributed by atoms with Crippen LogP contribution in [0, 0.1) is 6.92 Å². The van der Waals surface area contributed by atoms with Crippen molar-refractivity contribution in [2.75, 3.05) is 11.9 Å². The van der Waals surface area contributed by atoms with E-state index in [0.29, 0.717) is 16.7 Å². The van der Waals surface area contributed by atoms with Crippen LogP contribution in [0.15, 0.2) is 47.4 Å². The van der Waals surface area contributed by atoms with Gasteiger partial charge in [-0.2, -0.15) is 0 Å². The van der Waals surface area contributed by atoms with Gasteiger partial charge in [-0.25, -0.2) is 21.8 Å². The summed E-state index contributed by atoms with van der Waals surface area (Å²) in [6.45, 7) is 12.7. The lowest BCUT2D eigenvalue weighted by molar-refractivity contribution is -0.117. The molecule has 3 heterocycles. The molecule has 1 unspecified atom stereocenters. The first kappa shape index (κ1) is 27.4. The molecular formula is C26H35FN4O4SSi. The van der Waals surface area contributed by atoms with Crippen molar-refractivity contribution < 1.29 is 22.0 Å². The zero-order valence-corrected chi connectivity index (χ0v) is 23.9. The first-order chi connectivity index (χ1) is 17.2. The standard InChI is InChI=1S/C26H35FN4O4SSi/c1-17-7-9-20(10-8-17)36(33,34)31-19(16-35-37(5,6)26(2,3)4)14-21-23(31)11-12-24(29-21)30-25(32)22-13-18(27)15-28-22/h7-12,14,18,22,28H,13,15-16H2,1-6H3,(H,29,30,32)/t18?,22-/m1/s1. The highest BCUT2D eigenvalue weighted by molar-refractivity contribution is 7.90. The Labute approximate surface area is 218 Å². The van der Waals surface area contributed by atoms with Crippen LogP contribution < -0.4 is 10.6 Å². The van der Waals surface area contributed by atoms with Crippen molar-refractivity contribution in [1.29, 1.82) is 0 Å². The van der Waals surface area contributed by atoms with Crippen LogP contribution in [-0.2, 0) is 25.9 Å². The Hall–Kier alpha value is -2.60. The van der Waals surface area contributed by atoms with Gasteiger partial charge in [-0.15, -0.1) is 0 Å². The predicted molar refractivity (Wildman–Crippen MR) is 145 cm³/mol. The molecule has 4 rings (SSSR count). The number of hydrogen-bond donors (Lipinski definition) is 2. The number of halogens is 1. The van der Waals surface area contributed by atoms with Crippen LogP contribution in [0.3, 0.4) is 0 Å². The predicted octanol–water partition coefficient (Wildman–Crippen LogP) is 4.74. The number of carbonyl (C=O) groups excluding carboxylic acids is 1.